The average molecular weight is 287 g/mol. The minimum Gasteiger partial charge on any atom is -0.317 e. The summed E-state index contributed by atoms with van der Waals surface area (Å²) in [6, 6.07) is 9.32. The van der Waals surface area contributed by atoms with E-state index in [9.17, 15) is 0 Å². The number of benzene rings is 1. The Labute approximate surface area is 131 Å². The van der Waals surface area contributed by atoms with Crippen molar-refractivity contribution in [3.05, 3.63) is 35.4 Å². The van der Waals surface area contributed by atoms with Crippen LogP contribution in [-0.2, 0) is 12.8 Å². The molecule has 0 bridgehead atoms. The van der Waals surface area contributed by atoms with Crippen LogP contribution < -0.4 is 5.32 Å². The summed E-state index contributed by atoms with van der Waals surface area (Å²) in [5.41, 5.74) is 3.50. The van der Waals surface area contributed by atoms with E-state index in [0.29, 0.717) is 5.41 Å². The topological polar surface area (TPSA) is 12.0 Å². The number of rotatable bonds is 6. The van der Waals surface area contributed by atoms with Gasteiger partial charge in [0, 0.05) is 0 Å². The molecule has 0 saturated heterocycles. The summed E-state index contributed by atoms with van der Waals surface area (Å²) >= 11 is 0. The fourth-order valence-corrected chi connectivity index (χ4v) is 3.84. The van der Waals surface area contributed by atoms with E-state index in [-0.39, 0.29) is 0 Å². The van der Waals surface area contributed by atoms with Gasteiger partial charge in [0.1, 0.15) is 0 Å². The van der Waals surface area contributed by atoms with Gasteiger partial charge < -0.3 is 5.32 Å². The Morgan fingerprint density at radius 2 is 1.71 bits per heavy atom. The van der Waals surface area contributed by atoms with Crippen LogP contribution in [-0.4, -0.2) is 13.1 Å². The van der Waals surface area contributed by atoms with Crippen LogP contribution in [0.15, 0.2) is 24.3 Å². The highest BCUT2D eigenvalue weighted by atomic mass is 14.8. The van der Waals surface area contributed by atoms with Crippen LogP contribution in [0.3, 0.4) is 0 Å². The Morgan fingerprint density at radius 1 is 1.05 bits per heavy atom. The number of hydrogen-bond acceptors (Lipinski definition) is 1. The van der Waals surface area contributed by atoms with E-state index in [2.05, 4.69) is 57.3 Å². The van der Waals surface area contributed by atoms with Gasteiger partial charge in [-0.2, -0.15) is 0 Å². The van der Waals surface area contributed by atoms with Gasteiger partial charge >= 0.3 is 0 Å². The largest absolute Gasteiger partial charge is 0.317 e. The van der Waals surface area contributed by atoms with Gasteiger partial charge in [-0.05, 0) is 73.6 Å². The van der Waals surface area contributed by atoms with Crippen molar-refractivity contribution in [3.63, 3.8) is 0 Å². The van der Waals surface area contributed by atoms with E-state index in [4.69, 9.17) is 0 Å². The van der Waals surface area contributed by atoms with Gasteiger partial charge in [-0.1, -0.05) is 52.0 Å². The molecule has 0 aromatic heterocycles. The normalized spacial score (nSPS) is 25.0. The molecule has 118 valence electrons. The van der Waals surface area contributed by atoms with Crippen molar-refractivity contribution in [1.82, 2.24) is 5.32 Å². The molecule has 1 N–H and O–H groups in total. The predicted octanol–water partition coefficient (Wildman–Crippen LogP) is 4.84. The maximum Gasteiger partial charge on any atom is -0.00179 e. The molecule has 1 nitrogen and oxygen atoms in total. The third-order valence-electron chi connectivity index (χ3n) is 5.26. The van der Waals surface area contributed by atoms with E-state index in [0.717, 1.165) is 24.8 Å². The Kier molecular flexibility index (Phi) is 5.87. The Balaban J connectivity index is 2.03. The third-order valence-corrected chi connectivity index (χ3v) is 5.26. The van der Waals surface area contributed by atoms with Crippen molar-refractivity contribution < 1.29 is 0 Å². The van der Waals surface area contributed by atoms with Crippen LogP contribution in [0.1, 0.15) is 58.1 Å². The standard InChI is InChI=1S/C20H33N/c1-5-16-7-9-17(10-8-16)13-19-14-20(3,4)12-11-18(19)15-21-6-2/h7-10,18-19,21H,5-6,11-15H2,1-4H3. The SMILES string of the molecule is CCNCC1CCC(C)(C)CC1Cc1ccc(CC)cc1. The molecular weight excluding hydrogens is 254 g/mol. The molecule has 0 radical (unpaired) electrons. The second kappa shape index (κ2) is 7.45. The zero-order chi connectivity index (χ0) is 15.3. The van der Waals surface area contributed by atoms with Crippen LogP contribution in [0.5, 0.6) is 0 Å². The molecule has 2 unspecified atom stereocenters. The summed E-state index contributed by atoms with van der Waals surface area (Å²) in [4.78, 5) is 0. The monoisotopic (exact) mass is 287 g/mol. The summed E-state index contributed by atoms with van der Waals surface area (Å²) < 4.78 is 0. The minimum atomic E-state index is 0.525. The fourth-order valence-electron chi connectivity index (χ4n) is 3.84. The first-order valence-electron chi connectivity index (χ1n) is 8.82. The van der Waals surface area contributed by atoms with Gasteiger partial charge in [0.25, 0.3) is 0 Å². The molecule has 1 aliphatic rings. The average Bonchev–Trinajstić information content (AvgIpc) is 2.47. The summed E-state index contributed by atoms with van der Waals surface area (Å²) in [5, 5.41) is 3.58. The zero-order valence-electron chi connectivity index (χ0n) is 14.4. The lowest BCUT2D eigenvalue weighted by Gasteiger charge is -2.41. The van der Waals surface area contributed by atoms with Gasteiger partial charge in [0.05, 0.1) is 0 Å². The molecular formula is C20H33N. The predicted molar refractivity (Wildman–Crippen MR) is 92.7 cm³/mol. The quantitative estimate of drug-likeness (QED) is 0.789. The van der Waals surface area contributed by atoms with E-state index < -0.39 is 0 Å². The Bertz CT molecular complexity index is 418. The van der Waals surface area contributed by atoms with Crippen molar-refractivity contribution >= 4 is 0 Å². The first-order valence-corrected chi connectivity index (χ1v) is 8.82. The van der Waals surface area contributed by atoms with E-state index >= 15 is 0 Å². The van der Waals surface area contributed by atoms with Crippen molar-refractivity contribution in [3.8, 4) is 0 Å². The van der Waals surface area contributed by atoms with Crippen LogP contribution in [0.2, 0.25) is 0 Å². The van der Waals surface area contributed by atoms with E-state index in [1.165, 1.54) is 43.4 Å². The summed E-state index contributed by atoms with van der Waals surface area (Å²) in [6.45, 7) is 11.6. The molecule has 0 heterocycles. The van der Waals surface area contributed by atoms with Gasteiger partial charge in [-0.25, -0.2) is 0 Å². The molecule has 1 aromatic rings. The van der Waals surface area contributed by atoms with E-state index in [1.54, 1.807) is 0 Å². The van der Waals surface area contributed by atoms with Crippen LogP contribution in [0, 0.1) is 17.3 Å². The summed E-state index contributed by atoms with van der Waals surface area (Å²) in [6.07, 6.45) is 6.54. The lowest BCUT2D eigenvalue weighted by Crippen LogP contribution is -2.37. The van der Waals surface area contributed by atoms with Gasteiger partial charge in [0.15, 0.2) is 0 Å². The first kappa shape index (κ1) is 16.5. The smallest absolute Gasteiger partial charge is 0.00179 e. The maximum atomic E-state index is 3.58. The summed E-state index contributed by atoms with van der Waals surface area (Å²) in [7, 11) is 0. The molecule has 1 fully saturated rings. The van der Waals surface area contributed by atoms with Gasteiger partial charge in [-0.3, -0.25) is 0 Å². The van der Waals surface area contributed by atoms with Crippen molar-refractivity contribution in [2.24, 2.45) is 17.3 Å². The molecule has 21 heavy (non-hydrogen) atoms. The number of aryl methyl sites for hydroxylation is 1. The molecule has 2 rings (SSSR count). The van der Waals surface area contributed by atoms with Crippen molar-refractivity contribution in [2.45, 2.75) is 59.8 Å². The van der Waals surface area contributed by atoms with Gasteiger partial charge in [-0.15, -0.1) is 0 Å². The lowest BCUT2D eigenvalue weighted by molar-refractivity contribution is 0.116. The van der Waals surface area contributed by atoms with Crippen LogP contribution >= 0.6 is 0 Å². The molecule has 0 spiro atoms. The summed E-state index contributed by atoms with van der Waals surface area (Å²) in [5.74, 6) is 1.68. The second-order valence-corrected chi connectivity index (χ2v) is 7.61. The highest BCUT2D eigenvalue weighted by Gasteiger charge is 2.34. The molecule has 1 aliphatic carbocycles. The molecule has 0 amide bonds. The maximum absolute atomic E-state index is 3.58. The van der Waals surface area contributed by atoms with Crippen LogP contribution in [0.25, 0.3) is 0 Å². The fraction of sp³-hybridized carbons (Fsp3) is 0.700. The lowest BCUT2D eigenvalue weighted by atomic mass is 9.65. The van der Waals surface area contributed by atoms with Gasteiger partial charge in [0.2, 0.25) is 0 Å². The van der Waals surface area contributed by atoms with Crippen LogP contribution in [0.4, 0.5) is 0 Å². The second-order valence-electron chi connectivity index (χ2n) is 7.61. The van der Waals surface area contributed by atoms with E-state index in [1.807, 2.05) is 0 Å². The minimum absolute atomic E-state index is 0.525. The highest BCUT2D eigenvalue weighted by Crippen LogP contribution is 2.43. The molecule has 1 heteroatoms. The number of hydrogen-bond donors (Lipinski definition) is 1. The third kappa shape index (κ3) is 4.85. The molecule has 2 atom stereocenters. The Hall–Kier alpha value is -0.820. The first-order chi connectivity index (χ1) is 10.0. The molecule has 1 aromatic carbocycles. The molecule has 1 saturated carbocycles. The Morgan fingerprint density at radius 3 is 2.33 bits per heavy atom. The zero-order valence-corrected chi connectivity index (χ0v) is 14.4. The number of nitrogens with one attached hydrogen (secondary N) is 1. The van der Waals surface area contributed by atoms with Crippen molar-refractivity contribution in [2.75, 3.05) is 13.1 Å². The highest BCUT2D eigenvalue weighted by molar-refractivity contribution is 5.23. The molecule has 0 aliphatic heterocycles. The van der Waals surface area contributed by atoms with Crippen molar-refractivity contribution in [1.29, 1.82) is 0 Å².